The lowest BCUT2D eigenvalue weighted by Gasteiger charge is -2.28. The van der Waals surface area contributed by atoms with Crippen LogP contribution in [0, 0.1) is 10.1 Å². The number of non-ortho nitro benzene ring substituents is 1. The molecule has 0 spiro atoms. The second-order valence-electron chi connectivity index (χ2n) is 6.27. The number of nitrogens with one attached hydrogen (secondary N) is 2. The monoisotopic (exact) mass is 376 g/mol. The number of anilines is 2. The van der Waals surface area contributed by atoms with Gasteiger partial charge < -0.3 is 10.6 Å². The molecule has 9 heteroatoms. The van der Waals surface area contributed by atoms with E-state index in [1.54, 1.807) is 35.9 Å². The van der Waals surface area contributed by atoms with Crippen molar-refractivity contribution in [3.05, 3.63) is 87.9 Å². The Kier molecular flexibility index (Phi) is 4.32. The highest BCUT2D eigenvalue weighted by molar-refractivity contribution is 6.06. The maximum absolute atomic E-state index is 13.1. The molecular weight excluding hydrogens is 360 g/mol. The number of fused-ring (bicyclic) bond motifs is 1. The van der Waals surface area contributed by atoms with Crippen LogP contribution in [0.3, 0.4) is 0 Å². The van der Waals surface area contributed by atoms with Crippen molar-refractivity contribution in [3.8, 4) is 0 Å². The number of carbonyl (C=O) groups is 1. The van der Waals surface area contributed by atoms with Crippen molar-refractivity contribution in [2.45, 2.75) is 13.0 Å². The number of amides is 1. The Balaban J connectivity index is 1.80. The first kappa shape index (κ1) is 17.4. The maximum atomic E-state index is 13.1. The number of hydrogen-bond acceptors (Lipinski definition) is 6. The number of nitro groups is 1. The van der Waals surface area contributed by atoms with E-state index in [2.05, 4.69) is 20.7 Å². The molecule has 1 aromatic heterocycles. The van der Waals surface area contributed by atoms with Gasteiger partial charge in [-0.3, -0.25) is 14.9 Å². The molecule has 0 unspecified atom stereocenters. The predicted octanol–water partition coefficient (Wildman–Crippen LogP) is 3.11. The third-order valence-corrected chi connectivity index (χ3v) is 4.47. The minimum absolute atomic E-state index is 0.0573. The second kappa shape index (κ2) is 6.95. The molecule has 2 heterocycles. The largest absolute Gasteiger partial charge is 0.328 e. The molecule has 0 saturated carbocycles. The third kappa shape index (κ3) is 3.09. The Morgan fingerprint density at radius 1 is 1.21 bits per heavy atom. The molecule has 4 rings (SSSR count). The van der Waals surface area contributed by atoms with Crippen LogP contribution in [0.15, 0.2) is 72.2 Å². The minimum Gasteiger partial charge on any atom is -0.328 e. The summed E-state index contributed by atoms with van der Waals surface area (Å²) >= 11 is 0. The van der Waals surface area contributed by atoms with E-state index in [1.807, 2.05) is 18.2 Å². The van der Waals surface area contributed by atoms with Crippen LogP contribution in [-0.2, 0) is 4.79 Å². The topological polar surface area (TPSA) is 115 Å². The van der Waals surface area contributed by atoms with Gasteiger partial charge in [0.25, 0.3) is 11.6 Å². The van der Waals surface area contributed by atoms with Gasteiger partial charge in [-0.25, -0.2) is 4.68 Å². The molecule has 0 saturated heterocycles. The number of benzene rings is 2. The van der Waals surface area contributed by atoms with Gasteiger partial charge in [0, 0.05) is 23.5 Å². The number of rotatable bonds is 4. The lowest BCUT2D eigenvalue weighted by molar-refractivity contribution is -0.384. The molecule has 1 atom stereocenters. The van der Waals surface area contributed by atoms with Crippen molar-refractivity contribution >= 4 is 23.2 Å². The standard InChI is InChI=1S/C19H16N6O3/c1-12-16(18(26)23-14-7-3-2-4-8-14)17(24-19(22-12)20-11-21-24)13-6-5-9-15(10-13)25(27)28/h2-11,17H,1H3,(H,23,26)(H,20,21,22)/t17-/m0/s1. The lowest BCUT2D eigenvalue weighted by atomic mass is 9.94. The van der Waals surface area contributed by atoms with Gasteiger partial charge in [-0.15, -0.1) is 0 Å². The quantitative estimate of drug-likeness (QED) is 0.534. The molecule has 0 fully saturated rings. The summed E-state index contributed by atoms with van der Waals surface area (Å²) in [6, 6.07) is 14.6. The second-order valence-corrected chi connectivity index (χ2v) is 6.27. The van der Waals surface area contributed by atoms with Gasteiger partial charge >= 0.3 is 0 Å². The highest BCUT2D eigenvalue weighted by Gasteiger charge is 2.34. The summed E-state index contributed by atoms with van der Waals surface area (Å²) < 4.78 is 1.55. The van der Waals surface area contributed by atoms with Gasteiger partial charge in [0.1, 0.15) is 12.4 Å². The molecular formula is C19H16N6O3. The van der Waals surface area contributed by atoms with E-state index in [9.17, 15) is 14.9 Å². The SMILES string of the molecule is CC1=C(C(=O)Nc2ccccc2)[C@H](c2cccc([N+](=O)[O-])c2)n2ncnc2N1. The molecule has 1 amide bonds. The van der Waals surface area contributed by atoms with Gasteiger partial charge in [0.2, 0.25) is 5.95 Å². The molecule has 9 nitrogen and oxygen atoms in total. The van der Waals surface area contributed by atoms with Crippen molar-refractivity contribution < 1.29 is 9.72 Å². The maximum Gasteiger partial charge on any atom is 0.269 e. The molecule has 3 aromatic rings. The zero-order valence-electron chi connectivity index (χ0n) is 14.9. The van der Waals surface area contributed by atoms with Crippen LogP contribution in [0.5, 0.6) is 0 Å². The third-order valence-electron chi connectivity index (χ3n) is 4.47. The van der Waals surface area contributed by atoms with Crippen molar-refractivity contribution in [3.63, 3.8) is 0 Å². The molecule has 140 valence electrons. The van der Waals surface area contributed by atoms with E-state index in [0.29, 0.717) is 28.5 Å². The first-order valence-corrected chi connectivity index (χ1v) is 8.52. The molecule has 1 aliphatic rings. The van der Waals surface area contributed by atoms with Crippen LogP contribution in [0.4, 0.5) is 17.3 Å². The van der Waals surface area contributed by atoms with Gasteiger partial charge in [-0.2, -0.15) is 10.1 Å². The summed E-state index contributed by atoms with van der Waals surface area (Å²) in [6.07, 6.45) is 1.37. The first-order chi connectivity index (χ1) is 13.5. The predicted molar refractivity (Wildman–Crippen MR) is 103 cm³/mol. The highest BCUT2D eigenvalue weighted by Crippen LogP contribution is 2.36. The normalized spacial score (nSPS) is 15.5. The number of nitro benzene ring substituents is 1. The van der Waals surface area contributed by atoms with E-state index in [1.165, 1.54) is 18.5 Å². The number of para-hydroxylation sites is 1. The Bertz CT molecular complexity index is 1090. The van der Waals surface area contributed by atoms with Crippen LogP contribution in [0.1, 0.15) is 18.5 Å². The van der Waals surface area contributed by atoms with E-state index in [-0.39, 0.29) is 11.6 Å². The zero-order valence-corrected chi connectivity index (χ0v) is 14.9. The molecule has 0 bridgehead atoms. The van der Waals surface area contributed by atoms with Gasteiger partial charge in [0.15, 0.2) is 0 Å². The summed E-state index contributed by atoms with van der Waals surface area (Å²) in [7, 11) is 0. The fourth-order valence-corrected chi connectivity index (χ4v) is 3.22. The summed E-state index contributed by atoms with van der Waals surface area (Å²) in [5.74, 6) is 0.138. The fourth-order valence-electron chi connectivity index (χ4n) is 3.22. The Hall–Kier alpha value is -4.01. The van der Waals surface area contributed by atoms with Crippen LogP contribution in [0.2, 0.25) is 0 Å². The number of nitrogens with zero attached hydrogens (tertiary/aromatic N) is 4. The fraction of sp³-hybridized carbons (Fsp3) is 0.105. The number of aromatic nitrogens is 3. The summed E-state index contributed by atoms with van der Waals surface area (Å²) in [5, 5.41) is 21.4. The van der Waals surface area contributed by atoms with Gasteiger partial charge in [-0.1, -0.05) is 30.3 Å². The van der Waals surface area contributed by atoms with Crippen molar-refractivity contribution in [1.29, 1.82) is 0 Å². The summed E-state index contributed by atoms with van der Waals surface area (Å²) in [5.41, 5.74) is 2.17. The summed E-state index contributed by atoms with van der Waals surface area (Å²) in [4.78, 5) is 28.0. The van der Waals surface area contributed by atoms with Crippen LogP contribution in [0.25, 0.3) is 0 Å². The Morgan fingerprint density at radius 3 is 2.75 bits per heavy atom. The molecule has 2 N–H and O–H groups in total. The van der Waals surface area contributed by atoms with Crippen molar-refractivity contribution in [2.24, 2.45) is 0 Å². The van der Waals surface area contributed by atoms with Crippen LogP contribution in [-0.4, -0.2) is 25.6 Å². The Labute approximate surface area is 159 Å². The minimum atomic E-state index is -0.651. The van der Waals surface area contributed by atoms with Crippen molar-refractivity contribution in [1.82, 2.24) is 14.8 Å². The molecule has 2 aromatic carbocycles. The molecule has 0 radical (unpaired) electrons. The van der Waals surface area contributed by atoms with E-state index in [4.69, 9.17) is 0 Å². The van der Waals surface area contributed by atoms with Gasteiger partial charge in [-0.05, 0) is 24.6 Å². The molecule has 1 aliphatic heterocycles. The average Bonchev–Trinajstić information content (AvgIpc) is 3.15. The smallest absolute Gasteiger partial charge is 0.269 e. The average molecular weight is 376 g/mol. The number of carbonyl (C=O) groups excluding carboxylic acids is 1. The first-order valence-electron chi connectivity index (χ1n) is 8.52. The van der Waals surface area contributed by atoms with E-state index >= 15 is 0 Å². The van der Waals surface area contributed by atoms with Crippen molar-refractivity contribution in [2.75, 3.05) is 10.6 Å². The lowest BCUT2D eigenvalue weighted by Crippen LogP contribution is -2.31. The van der Waals surface area contributed by atoms with E-state index < -0.39 is 11.0 Å². The van der Waals surface area contributed by atoms with Crippen LogP contribution >= 0.6 is 0 Å². The van der Waals surface area contributed by atoms with E-state index in [0.717, 1.165) is 0 Å². The zero-order chi connectivity index (χ0) is 19.7. The summed E-state index contributed by atoms with van der Waals surface area (Å²) in [6.45, 7) is 1.77. The van der Waals surface area contributed by atoms with Crippen LogP contribution < -0.4 is 10.6 Å². The molecule has 0 aliphatic carbocycles. The van der Waals surface area contributed by atoms with Gasteiger partial charge in [0.05, 0.1) is 10.5 Å². The highest BCUT2D eigenvalue weighted by atomic mass is 16.6. The Morgan fingerprint density at radius 2 is 2.00 bits per heavy atom. The molecule has 28 heavy (non-hydrogen) atoms. The number of hydrogen-bond donors (Lipinski definition) is 2. The number of allylic oxidation sites excluding steroid dienone is 1.